The molecule has 2 aliphatic rings. The smallest absolute Gasteiger partial charge is 0.356 e. The first-order valence-electron chi connectivity index (χ1n) is 13.0. The Bertz CT molecular complexity index is 1640. The van der Waals surface area contributed by atoms with E-state index in [4.69, 9.17) is 37.5 Å². The second-order valence-electron chi connectivity index (χ2n) is 10.3. The summed E-state index contributed by atoms with van der Waals surface area (Å²) in [6, 6.07) is 4.20. The van der Waals surface area contributed by atoms with Crippen molar-refractivity contribution >= 4 is 93.0 Å². The number of halogens is 2. The molecule has 16 nitrogen and oxygen atoms in total. The highest BCUT2D eigenvalue weighted by molar-refractivity contribution is 8.00. The number of nitro groups is 1. The van der Waals surface area contributed by atoms with Crippen LogP contribution < -0.4 is 10.6 Å². The van der Waals surface area contributed by atoms with E-state index in [2.05, 4.69) is 20.8 Å². The standard InChI is InChI=1S/C26H24Cl2N6O10S2/c1-26(2,3)44-15(36)9-43-32-17(16-20(28)46-25(31-16)29-11-35)21(37)30-18-22(38)33-19(14(27)10-45-23(18)33)24(39)42-8-12-4-6-13(7-5-12)34(40)41/h4-7,11,18,23H,8-10H2,1-3H3,(H,30,37)(H,29,31,35)/t18?,23-/m1/s1. The number of oxime groups is 1. The Hall–Kier alpha value is -4.26. The number of hydrogen-bond acceptors (Lipinski definition) is 14. The van der Waals surface area contributed by atoms with E-state index in [-0.39, 0.29) is 43.9 Å². The van der Waals surface area contributed by atoms with Crippen LogP contribution in [0, 0.1) is 10.1 Å². The van der Waals surface area contributed by atoms with Gasteiger partial charge in [0.2, 0.25) is 13.0 Å². The van der Waals surface area contributed by atoms with E-state index < -0.39 is 58.0 Å². The molecule has 3 amide bonds. The summed E-state index contributed by atoms with van der Waals surface area (Å²) in [5.74, 6) is -3.22. The van der Waals surface area contributed by atoms with Crippen molar-refractivity contribution < 1.29 is 43.2 Å². The number of amides is 3. The number of anilines is 1. The average molecular weight is 716 g/mol. The number of hydrogen-bond donors (Lipinski definition) is 2. The van der Waals surface area contributed by atoms with E-state index in [1.807, 2.05) is 0 Å². The van der Waals surface area contributed by atoms with Gasteiger partial charge in [0, 0.05) is 17.9 Å². The number of ether oxygens (including phenoxy) is 2. The first-order valence-corrected chi connectivity index (χ1v) is 15.7. The predicted molar refractivity (Wildman–Crippen MR) is 166 cm³/mol. The van der Waals surface area contributed by atoms with E-state index in [1.165, 1.54) is 36.0 Å². The third-order valence-corrected chi connectivity index (χ3v) is 8.82. The summed E-state index contributed by atoms with van der Waals surface area (Å²) >= 11 is 14.5. The van der Waals surface area contributed by atoms with Crippen LogP contribution >= 0.6 is 46.3 Å². The molecule has 1 aromatic heterocycles. The topological polar surface area (TPSA) is 209 Å². The number of nitrogens with zero attached hydrogens (tertiary/aromatic N) is 4. The number of aromatic nitrogens is 1. The molecule has 46 heavy (non-hydrogen) atoms. The number of carbonyl (C=O) groups excluding carboxylic acids is 5. The summed E-state index contributed by atoms with van der Waals surface area (Å²) in [6.45, 7) is 4.04. The van der Waals surface area contributed by atoms with E-state index in [1.54, 1.807) is 20.8 Å². The van der Waals surface area contributed by atoms with Crippen LogP contribution in [0.4, 0.5) is 10.8 Å². The molecule has 1 unspecified atom stereocenters. The number of fused-ring (bicyclic) bond motifs is 1. The van der Waals surface area contributed by atoms with Crippen molar-refractivity contribution in [1.29, 1.82) is 0 Å². The Kier molecular flexibility index (Phi) is 10.9. The molecule has 1 saturated heterocycles. The minimum Gasteiger partial charge on any atom is -0.457 e. The van der Waals surface area contributed by atoms with Gasteiger partial charge in [0.15, 0.2) is 10.8 Å². The molecule has 1 fully saturated rings. The van der Waals surface area contributed by atoms with Crippen molar-refractivity contribution in [3.8, 4) is 0 Å². The third kappa shape index (κ3) is 8.11. The second kappa shape index (κ2) is 14.4. The number of thiazole rings is 1. The zero-order chi connectivity index (χ0) is 33.8. The van der Waals surface area contributed by atoms with Crippen molar-refractivity contribution in [2.75, 3.05) is 17.7 Å². The zero-order valence-corrected chi connectivity index (χ0v) is 27.3. The zero-order valence-electron chi connectivity index (χ0n) is 24.1. The maximum absolute atomic E-state index is 13.4. The van der Waals surface area contributed by atoms with Crippen LogP contribution in [0.2, 0.25) is 4.34 Å². The molecule has 0 spiro atoms. The van der Waals surface area contributed by atoms with Crippen LogP contribution in [-0.4, -0.2) is 80.1 Å². The fourth-order valence-electron chi connectivity index (χ4n) is 3.99. The normalized spacial score (nSPS) is 17.8. The van der Waals surface area contributed by atoms with Crippen LogP contribution in [0.1, 0.15) is 32.0 Å². The first kappa shape index (κ1) is 34.6. The van der Waals surface area contributed by atoms with Crippen molar-refractivity contribution in [1.82, 2.24) is 15.2 Å². The average Bonchev–Trinajstić information content (AvgIpc) is 3.35. The predicted octanol–water partition coefficient (Wildman–Crippen LogP) is 2.93. The summed E-state index contributed by atoms with van der Waals surface area (Å²) in [6.07, 6.45) is 0.351. The van der Waals surface area contributed by atoms with Crippen LogP contribution in [0.25, 0.3) is 0 Å². The Morgan fingerprint density at radius 2 is 1.93 bits per heavy atom. The molecule has 2 atom stereocenters. The molecule has 3 heterocycles. The SMILES string of the molecule is CC(C)(C)OC(=O)CON=C(C(=O)NC1C(=O)N2C(C(=O)OCc3ccc([N+](=O)[O-])cc3)=C(Cl)CS[C@H]12)c1nc(NC=O)sc1Cl. The van der Waals surface area contributed by atoms with Gasteiger partial charge in [0.1, 0.15) is 39.4 Å². The number of nitrogens with one attached hydrogen (secondary N) is 2. The van der Waals surface area contributed by atoms with Crippen LogP contribution in [0.15, 0.2) is 40.2 Å². The lowest BCUT2D eigenvalue weighted by atomic mass is 10.0. The van der Waals surface area contributed by atoms with Gasteiger partial charge in [-0.2, -0.15) is 0 Å². The van der Waals surface area contributed by atoms with Crippen molar-refractivity contribution in [3.05, 3.63) is 60.7 Å². The number of nitro benzene ring substituents is 1. The van der Waals surface area contributed by atoms with Gasteiger partial charge < -0.3 is 24.9 Å². The lowest BCUT2D eigenvalue weighted by molar-refractivity contribution is -0.384. The van der Waals surface area contributed by atoms with Crippen LogP contribution in [-0.2, 0) is 44.9 Å². The summed E-state index contributed by atoms with van der Waals surface area (Å²) in [5.41, 5.74) is -1.39. The van der Waals surface area contributed by atoms with Gasteiger partial charge in [-0.05, 0) is 38.5 Å². The van der Waals surface area contributed by atoms with Crippen molar-refractivity contribution in [2.45, 2.75) is 44.4 Å². The number of rotatable bonds is 12. The highest BCUT2D eigenvalue weighted by Crippen LogP contribution is 2.42. The molecule has 0 saturated carbocycles. The quantitative estimate of drug-likeness (QED) is 0.0812. The Balaban J connectivity index is 1.47. The van der Waals surface area contributed by atoms with E-state index in [9.17, 15) is 34.1 Å². The molecule has 244 valence electrons. The molecule has 0 bridgehead atoms. The largest absolute Gasteiger partial charge is 0.457 e. The van der Waals surface area contributed by atoms with E-state index in [0.29, 0.717) is 12.0 Å². The molecule has 2 N–H and O–H groups in total. The molecular formula is C26H24Cl2N6O10S2. The Morgan fingerprint density at radius 3 is 2.57 bits per heavy atom. The highest BCUT2D eigenvalue weighted by Gasteiger charge is 2.54. The van der Waals surface area contributed by atoms with Crippen molar-refractivity contribution in [2.24, 2.45) is 5.16 Å². The molecule has 20 heteroatoms. The van der Waals surface area contributed by atoms with Crippen molar-refractivity contribution in [3.63, 3.8) is 0 Å². The molecule has 0 radical (unpaired) electrons. The minimum absolute atomic E-state index is 0.0352. The third-order valence-electron chi connectivity index (χ3n) is 5.88. The lowest BCUT2D eigenvalue weighted by Gasteiger charge is -2.49. The fourth-order valence-corrected chi connectivity index (χ4v) is 6.54. The molecule has 0 aliphatic carbocycles. The monoisotopic (exact) mass is 714 g/mol. The van der Waals surface area contributed by atoms with Gasteiger partial charge in [-0.3, -0.25) is 29.4 Å². The number of β-lactam (4-membered cyclic amide) rings is 1. The van der Waals surface area contributed by atoms with E-state index in [0.717, 1.165) is 16.2 Å². The fraction of sp³-hybridized carbons (Fsp3) is 0.346. The number of thioether (sulfide) groups is 1. The van der Waals surface area contributed by atoms with Crippen LogP contribution in [0.5, 0.6) is 0 Å². The van der Waals surface area contributed by atoms with Gasteiger partial charge in [-0.25, -0.2) is 14.6 Å². The highest BCUT2D eigenvalue weighted by atomic mass is 35.5. The van der Waals surface area contributed by atoms with E-state index >= 15 is 0 Å². The van der Waals surface area contributed by atoms with Gasteiger partial charge in [0.25, 0.3) is 17.5 Å². The number of benzene rings is 1. The summed E-state index contributed by atoms with van der Waals surface area (Å²) in [4.78, 5) is 83.1. The van der Waals surface area contributed by atoms with Crippen LogP contribution in [0.3, 0.4) is 0 Å². The summed E-state index contributed by atoms with van der Waals surface area (Å²) in [7, 11) is 0. The molecule has 1 aromatic carbocycles. The maximum atomic E-state index is 13.4. The number of carbonyl (C=O) groups is 5. The first-order chi connectivity index (χ1) is 21.7. The second-order valence-corrected chi connectivity index (χ2v) is 13.5. The van der Waals surface area contributed by atoms with Gasteiger partial charge in [-0.15, -0.1) is 11.8 Å². The Labute approximate surface area is 278 Å². The minimum atomic E-state index is -1.15. The Morgan fingerprint density at radius 1 is 1.24 bits per heavy atom. The molecule has 2 aliphatic heterocycles. The molecule has 4 rings (SSSR count). The number of non-ortho nitro benzene ring substituents is 1. The number of esters is 2. The van der Waals surface area contributed by atoms with Gasteiger partial charge in [-0.1, -0.05) is 39.7 Å². The molecular weight excluding hydrogens is 691 g/mol. The summed E-state index contributed by atoms with van der Waals surface area (Å²) in [5, 5.41) is 18.7. The summed E-state index contributed by atoms with van der Waals surface area (Å²) < 4.78 is 10.4. The van der Waals surface area contributed by atoms with Gasteiger partial charge >= 0.3 is 11.9 Å². The lowest BCUT2D eigenvalue weighted by Crippen LogP contribution is -2.71. The van der Waals surface area contributed by atoms with Gasteiger partial charge in [0.05, 0.1) is 9.96 Å². The maximum Gasteiger partial charge on any atom is 0.356 e. The molecule has 2 aromatic rings.